The minimum absolute atomic E-state index is 0.0350. The number of benzene rings is 2. The van der Waals surface area contributed by atoms with E-state index in [0.29, 0.717) is 13.0 Å². The second-order valence-corrected chi connectivity index (χ2v) is 7.11. The summed E-state index contributed by atoms with van der Waals surface area (Å²) in [7, 11) is 0. The molecule has 0 bridgehead atoms. The third kappa shape index (κ3) is 4.13. The maximum atomic E-state index is 12.5. The van der Waals surface area contributed by atoms with Crippen LogP contribution in [0.1, 0.15) is 35.6 Å². The van der Waals surface area contributed by atoms with Gasteiger partial charge in [-0.1, -0.05) is 55.0 Å². The third-order valence-corrected chi connectivity index (χ3v) is 5.00. The fraction of sp³-hybridized carbons (Fsp3) is 0.364. The Labute approximate surface area is 155 Å². The van der Waals surface area contributed by atoms with Crippen molar-refractivity contribution >= 4 is 17.5 Å². The molecule has 0 radical (unpaired) electrons. The Balaban J connectivity index is 1.55. The summed E-state index contributed by atoms with van der Waals surface area (Å²) in [5.41, 5.74) is 5.32. The summed E-state index contributed by atoms with van der Waals surface area (Å²) in [6, 6.07) is 14.1. The van der Waals surface area contributed by atoms with Crippen molar-refractivity contribution in [3.8, 4) is 0 Å². The molecule has 2 aromatic carbocycles. The number of anilines is 1. The van der Waals surface area contributed by atoms with Gasteiger partial charge < -0.3 is 10.6 Å². The first-order chi connectivity index (χ1) is 12.5. The number of carbonyl (C=O) groups excluding carboxylic acids is 2. The van der Waals surface area contributed by atoms with Gasteiger partial charge in [-0.3, -0.25) is 9.59 Å². The number of hydrogen-bond acceptors (Lipinski definition) is 2. The van der Waals surface area contributed by atoms with Crippen molar-refractivity contribution in [1.82, 2.24) is 5.32 Å². The largest absolute Gasteiger partial charge is 0.352 e. The zero-order valence-corrected chi connectivity index (χ0v) is 15.6. The molecule has 136 valence electrons. The van der Waals surface area contributed by atoms with Crippen LogP contribution in [0.3, 0.4) is 0 Å². The van der Waals surface area contributed by atoms with Crippen molar-refractivity contribution in [2.75, 3.05) is 5.32 Å². The predicted octanol–water partition coefficient (Wildman–Crippen LogP) is 3.76. The van der Waals surface area contributed by atoms with E-state index in [4.69, 9.17) is 0 Å². The van der Waals surface area contributed by atoms with E-state index < -0.39 is 0 Å². The minimum atomic E-state index is -0.225. The Morgan fingerprint density at radius 2 is 1.77 bits per heavy atom. The zero-order chi connectivity index (χ0) is 18.7. The van der Waals surface area contributed by atoms with Gasteiger partial charge >= 0.3 is 0 Å². The molecule has 1 aliphatic rings. The van der Waals surface area contributed by atoms with E-state index >= 15 is 0 Å². The van der Waals surface area contributed by atoms with E-state index in [0.717, 1.165) is 28.8 Å². The molecule has 0 heterocycles. The lowest BCUT2D eigenvalue weighted by atomic mass is 10.1. The van der Waals surface area contributed by atoms with Crippen LogP contribution < -0.4 is 10.6 Å². The minimum Gasteiger partial charge on any atom is -0.352 e. The Kier molecular flexibility index (Phi) is 5.40. The van der Waals surface area contributed by atoms with Gasteiger partial charge in [-0.05, 0) is 43.4 Å². The molecule has 2 N–H and O–H groups in total. The summed E-state index contributed by atoms with van der Waals surface area (Å²) < 4.78 is 0. The quantitative estimate of drug-likeness (QED) is 0.833. The number of aryl methyl sites for hydroxylation is 3. The second-order valence-electron chi connectivity index (χ2n) is 7.11. The molecular formula is C22H26N2O2. The predicted molar refractivity (Wildman–Crippen MR) is 104 cm³/mol. The van der Waals surface area contributed by atoms with Gasteiger partial charge in [0.15, 0.2) is 0 Å². The van der Waals surface area contributed by atoms with Crippen molar-refractivity contribution in [3.05, 3.63) is 64.7 Å². The lowest BCUT2D eigenvalue weighted by Gasteiger charge is -2.13. The van der Waals surface area contributed by atoms with E-state index in [2.05, 4.69) is 23.6 Å². The highest BCUT2D eigenvalue weighted by molar-refractivity contribution is 6.00. The van der Waals surface area contributed by atoms with Crippen molar-refractivity contribution < 1.29 is 9.59 Å². The monoisotopic (exact) mass is 350 g/mol. The molecule has 4 heteroatoms. The first kappa shape index (κ1) is 18.2. The molecule has 0 saturated heterocycles. The van der Waals surface area contributed by atoms with Gasteiger partial charge in [-0.15, -0.1) is 0 Å². The number of carbonyl (C=O) groups is 2. The molecule has 4 nitrogen and oxygen atoms in total. The molecule has 1 saturated carbocycles. The third-order valence-electron chi connectivity index (χ3n) is 5.00. The van der Waals surface area contributed by atoms with E-state index in [1.54, 1.807) is 0 Å². The molecule has 2 aromatic rings. The summed E-state index contributed by atoms with van der Waals surface area (Å²) in [5, 5.41) is 5.99. The van der Waals surface area contributed by atoms with Gasteiger partial charge in [-0.25, -0.2) is 0 Å². The van der Waals surface area contributed by atoms with Crippen molar-refractivity contribution in [1.29, 1.82) is 0 Å². The van der Waals surface area contributed by atoms with Crippen LogP contribution in [-0.4, -0.2) is 11.8 Å². The fourth-order valence-corrected chi connectivity index (χ4v) is 3.33. The van der Waals surface area contributed by atoms with E-state index in [9.17, 15) is 9.59 Å². The highest BCUT2D eigenvalue weighted by Gasteiger charge is 2.48. The summed E-state index contributed by atoms with van der Waals surface area (Å²) in [6.07, 6.45) is 1.49. The molecule has 0 spiro atoms. The van der Waals surface area contributed by atoms with Crippen LogP contribution in [0, 0.1) is 25.7 Å². The number of hydrogen-bond donors (Lipinski definition) is 2. The van der Waals surface area contributed by atoms with Crippen molar-refractivity contribution in [2.45, 2.75) is 40.2 Å². The van der Waals surface area contributed by atoms with Crippen LogP contribution in [0.2, 0.25) is 0 Å². The van der Waals surface area contributed by atoms with Crippen LogP contribution in [0.5, 0.6) is 0 Å². The molecule has 3 rings (SSSR count). The molecular weight excluding hydrogens is 324 g/mol. The standard InChI is InChI=1S/C22H26N2O2/c1-4-17-10-6-8-15(3)20(17)24-22(26)19-12-18(19)21(25)23-13-16-9-5-7-14(2)11-16/h5-11,18-19H,4,12-13H2,1-3H3,(H,23,25)(H,24,26). The molecule has 0 aliphatic heterocycles. The van der Waals surface area contributed by atoms with Crippen LogP contribution in [0.25, 0.3) is 0 Å². The van der Waals surface area contributed by atoms with Gasteiger partial charge in [0.1, 0.15) is 0 Å². The van der Waals surface area contributed by atoms with Crippen LogP contribution in [-0.2, 0) is 22.6 Å². The number of para-hydroxylation sites is 1. The first-order valence-corrected chi connectivity index (χ1v) is 9.22. The number of rotatable bonds is 6. The molecule has 26 heavy (non-hydrogen) atoms. The lowest BCUT2D eigenvalue weighted by Crippen LogP contribution is -2.27. The molecule has 1 aliphatic carbocycles. The van der Waals surface area contributed by atoms with Crippen LogP contribution >= 0.6 is 0 Å². The molecule has 1 fully saturated rings. The van der Waals surface area contributed by atoms with Gasteiger partial charge in [0.2, 0.25) is 11.8 Å². The average molecular weight is 350 g/mol. The van der Waals surface area contributed by atoms with Crippen LogP contribution in [0.4, 0.5) is 5.69 Å². The fourth-order valence-electron chi connectivity index (χ4n) is 3.33. The molecule has 2 amide bonds. The average Bonchev–Trinajstić information content (AvgIpc) is 3.42. The maximum absolute atomic E-state index is 12.5. The summed E-state index contributed by atoms with van der Waals surface area (Å²) in [5.74, 6) is -0.525. The second kappa shape index (κ2) is 7.73. The summed E-state index contributed by atoms with van der Waals surface area (Å²) in [6.45, 7) is 6.60. The van der Waals surface area contributed by atoms with Crippen molar-refractivity contribution in [3.63, 3.8) is 0 Å². The smallest absolute Gasteiger partial charge is 0.228 e. The normalized spacial score (nSPS) is 18.3. The highest BCUT2D eigenvalue weighted by atomic mass is 16.2. The van der Waals surface area contributed by atoms with Gasteiger partial charge in [0, 0.05) is 12.2 Å². The Morgan fingerprint density at radius 1 is 1.04 bits per heavy atom. The van der Waals surface area contributed by atoms with Crippen molar-refractivity contribution in [2.24, 2.45) is 11.8 Å². The zero-order valence-electron chi connectivity index (χ0n) is 15.6. The van der Waals surface area contributed by atoms with E-state index in [-0.39, 0.29) is 23.7 Å². The first-order valence-electron chi connectivity index (χ1n) is 9.22. The van der Waals surface area contributed by atoms with E-state index in [1.807, 2.05) is 50.2 Å². The van der Waals surface area contributed by atoms with Gasteiger partial charge in [-0.2, -0.15) is 0 Å². The Bertz CT molecular complexity index is 829. The number of nitrogens with one attached hydrogen (secondary N) is 2. The number of amides is 2. The topological polar surface area (TPSA) is 58.2 Å². The van der Waals surface area contributed by atoms with Crippen LogP contribution in [0.15, 0.2) is 42.5 Å². The molecule has 2 unspecified atom stereocenters. The molecule has 2 atom stereocenters. The summed E-state index contributed by atoms with van der Waals surface area (Å²) >= 11 is 0. The maximum Gasteiger partial charge on any atom is 0.228 e. The SMILES string of the molecule is CCc1cccc(C)c1NC(=O)C1CC1C(=O)NCc1cccc(C)c1. The Morgan fingerprint density at radius 3 is 2.50 bits per heavy atom. The molecule has 0 aromatic heterocycles. The summed E-state index contributed by atoms with van der Waals surface area (Å²) in [4.78, 5) is 24.9. The van der Waals surface area contributed by atoms with Gasteiger partial charge in [0.05, 0.1) is 11.8 Å². The highest BCUT2D eigenvalue weighted by Crippen LogP contribution is 2.40. The van der Waals surface area contributed by atoms with Gasteiger partial charge in [0.25, 0.3) is 0 Å². The van der Waals surface area contributed by atoms with E-state index in [1.165, 1.54) is 5.56 Å². The lowest BCUT2D eigenvalue weighted by molar-refractivity contribution is -0.125. The Hall–Kier alpha value is -2.62.